The summed E-state index contributed by atoms with van der Waals surface area (Å²) in [6.07, 6.45) is 1.79. The van der Waals surface area contributed by atoms with Gasteiger partial charge in [0, 0.05) is 19.1 Å². The number of hydrogen-bond donors (Lipinski definition) is 2. The largest absolute Gasteiger partial charge is 0.357 e. The molecule has 1 aliphatic rings. The molecule has 92 valence electrons. The van der Waals surface area contributed by atoms with Crippen molar-refractivity contribution in [2.75, 3.05) is 18.0 Å². The van der Waals surface area contributed by atoms with E-state index < -0.39 is 0 Å². The minimum Gasteiger partial charge on any atom is -0.357 e. The maximum Gasteiger partial charge on any atom is 0.242 e. The number of rotatable bonds is 2. The summed E-state index contributed by atoms with van der Waals surface area (Å²) in [5.41, 5.74) is 7.58. The van der Waals surface area contributed by atoms with Gasteiger partial charge in [-0.15, -0.1) is 0 Å². The van der Waals surface area contributed by atoms with Crippen LogP contribution >= 0.6 is 0 Å². The lowest BCUT2D eigenvalue weighted by atomic mass is 10.1. The predicted octanol–water partition coefficient (Wildman–Crippen LogP) is 0.426. The fourth-order valence-corrected chi connectivity index (χ4v) is 1.97. The van der Waals surface area contributed by atoms with Crippen LogP contribution in [0, 0.1) is 0 Å². The predicted molar refractivity (Wildman–Crippen MR) is 66.7 cm³/mol. The molecule has 0 radical (unpaired) electrons. The first-order valence-corrected chi connectivity index (χ1v) is 5.85. The van der Waals surface area contributed by atoms with Crippen LogP contribution in [0.25, 0.3) is 0 Å². The lowest BCUT2D eigenvalue weighted by Crippen LogP contribution is -2.54. The molecule has 0 spiro atoms. The van der Waals surface area contributed by atoms with Crippen LogP contribution in [0.4, 0.5) is 5.69 Å². The molecule has 1 fully saturated rings. The molecule has 5 heteroatoms. The highest BCUT2D eigenvalue weighted by atomic mass is 16.2. The number of carbonyl (C=O) groups is 1. The molecule has 2 heterocycles. The summed E-state index contributed by atoms with van der Waals surface area (Å²) >= 11 is 0. The molecule has 1 unspecified atom stereocenters. The Balaban J connectivity index is 2.19. The molecular formula is C12H18N4O. The Labute approximate surface area is 101 Å². The standard InChI is InChI=1S/C12H18N4O/c1-8(13)11-4-3-10(7-15-11)16-6-5-14-12(17)9(16)2/h3-4,7-9H,5-6,13H2,1-2H3,(H,14,17)/t8-,9?/m0/s1. The van der Waals surface area contributed by atoms with Crippen molar-refractivity contribution in [3.63, 3.8) is 0 Å². The molecule has 1 aromatic heterocycles. The van der Waals surface area contributed by atoms with Crippen molar-refractivity contribution >= 4 is 11.6 Å². The van der Waals surface area contributed by atoms with Gasteiger partial charge in [-0.3, -0.25) is 9.78 Å². The lowest BCUT2D eigenvalue weighted by Gasteiger charge is -2.34. The molecule has 1 aliphatic heterocycles. The molecule has 2 atom stereocenters. The summed E-state index contributed by atoms with van der Waals surface area (Å²) in [6.45, 7) is 5.29. The van der Waals surface area contributed by atoms with E-state index in [1.165, 1.54) is 0 Å². The minimum atomic E-state index is -0.147. The fourth-order valence-electron chi connectivity index (χ4n) is 1.97. The quantitative estimate of drug-likeness (QED) is 0.778. The first-order chi connectivity index (χ1) is 8.09. The Kier molecular flexibility index (Phi) is 3.28. The second-order valence-corrected chi connectivity index (χ2v) is 4.39. The van der Waals surface area contributed by atoms with Crippen molar-refractivity contribution in [3.8, 4) is 0 Å². The summed E-state index contributed by atoms with van der Waals surface area (Å²) in [6, 6.07) is 3.68. The zero-order valence-corrected chi connectivity index (χ0v) is 10.2. The number of piperazine rings is 1. The molecule has 0 bridgehead atoms. The molecule has 5 nitrogen and oxygen atoms in total. The second kappa shape index (κ2) is 4.71. The second-order valence-electron chi connectivity index (χ2n) is 4.39. The molecule has 1 saturated heterocycles. The van der Waals surface area contributed by atoms with Gasteiger partial charge in [0.2, 0.25) is 5.91 Å². The van der Waals surface area contributed by atoms with Crippen LogP contribution in [0.1, 0.15) is 25.6 Å². The van der Waals surface area contributed by atoms with E-state index in [1.54, 1.807) is 6.20 Å². The molecule has 1 aromatic rings. The number of hydrogen-bond acceptors (Lipinski definition) is 4. The molecule has 3 N–H and O–H groups in total. The van der Waals surface area contributed by atoms with Crippen LogP contribution < -0.4 is 16.0 Å². The van der Waals surface area contributed by atoms with Gasteiger partial charge in [0.15, 0.2) is 0 Å². The Bertz CT molecular complexity index is 401. The monoisotopic (exact) mass is 234 g/mol. The molecule has 17 heavy (non-hydrogen) atoms. The number of nitrogens with two attached hydrogens (primary N) is 1. The van der Waals surface area contributed by atoms with Crippen molar-refractivity contribution in [1.29, 1.82) is 0 Å². The van der Waals surface area contributed by atoms with E-state index in [0.717, 1.165) is 17.9 Å². The number of aromatic nitrogens is 1. The van der Waals surface area contributed by atoms with Gasteiger partial charge in [-0.1, -0.05) is 0 Å². The Hall–Kier alpha value is -1.62. The van der Waals surface area contributed by atoms with E-state index >= 15 is 0 Å². The van der Waals surface area contributed by atoms with Crippen molar-refractivity contribution in [3.05, 3.63) is 24.0 Å². The maximum atomic E-state index is 11.6. The number of nitrogens with zero attached hydrogens (tertiary/aromatic N) is 2. The van der Waals surface area contributed by atoms with Crippen LogP contribution in [-0.4, -0.2) is 30.0 Å². The Morgan fingerprint density at radius 1 is 1.59 bits per heavy atom. The van der Waals surface area contributed by atoms with Crippen molar-refractivity contribution < 1.29 is 4.79 Å². The van der Waals surface area contributed by atoms with E-state index in [2.05, 4.69) is 15.2 Å². The van der Waals surface area contributed by atoms with Gasteiger partial charge in [0.1, 0.15) is 6.04 Å². The van der Waals surface area contributed by atoms with Crippen LogP contribution in [0.15, 0.2) is 18.3 Å². The van der Waals surface area contributed by atoms with Gasteiger partial charge in [-0.05, 0) is 26.0 Å². The molecule has 0 aromatic carbocycles. The van der Waals surface area contributed by atoms with Crippen molar-refractivity contribution in [2.45, 2.75) is 25.9 Å². The Morgan fingerprint density at radius 2 is 2.35 bits per heavy atom. The van der Waals surface area contributed by atoms with Crippen molar-refractivity contribution in [1.82, 2.24) is 10.3 Å². The average Bonchev–Trinajstić information content (AvgIpc) is 2.33. The number of anilines is 1. The van der Waals surface area contributed by atoms with Gasteiger partial charge in [0.05, 0.1) is 17.6 Å². The van der Waals surface area contributed by atoms with E-state index in [1.807, 2.05) is 26.0 Å². The van der Waals surface area contributed by atoms with E-state index in [4.69, 9.17) is 5.73 Å². The third kappa shape index (κ3) is 2.39. The molecule has 0 aliphatic carbocycles. The summed E-state index contributed by atoms with van der Waals surface area (Å²) in [7, 11) is 0. The summed E-state index contributed by atoms with van der Waals surface area (Å²) < 4.78 is 0. The van der Waals surface area contributed by atoms with Gasteiger partial charge in [0.25, 0.3) is 0 Å². The highest BCUT2D eigenvalue weighted by Gasteiger charge is 2.25. The highest BCUT2D eigenvalue weighted by Crippen LogP contribution is 2.19. The summed E-state index contributed by atoms with van der Waals surface area (Å²) in [5, 5.41) is 2.84. The first kappa shape index (κ1) is 11.9. The Morgan fingerprint density at radius 3 is 2.94 bits per heavy atom. The topological polar surface area (TPSA) is 71.2 Å². The molecular weight excluding hydrogens is 216 g/mol. The van der Waals surface area contributed by atoms with E-state index in [-0.39, 0.29) is 18.0 Å². The van der Waals surface area contributed by atoms with Crippen LogP contribution in [0.5, 0.6) is 0 Å². The third-order valence-corrected chi connectivity index (χ3v) is 3.07. The summed E-state index contributed by atoms with van der Waals surface area (Å²) in [4.78, 5) is 17.9. The number of nitrogens with one attached hydrogen (secondary N) is 1. The molecule has 0 saturated carbocycles. The van der Waals surface area contributed by atoms with Gasteiger partial charge in [-0.25, -0.2) is 0 Å². The van der Waals surface area contributed by atoms with Crippen molar-refractivity contribution in [2.24, 2.45) is 5.73 Å². The van der Waals surface area contributed by atoms with Crippen LogP contribution in [0.3, 0.4) is 0 Å². The third-order valence-electron chi connectivity index (χ3n) is 3.07. The van der Waals surface area contributed by atoms with Gasteiger partial charge < -0.3 is 16.0 Å². The molecule has 1 amide bonds. The molecule has 2 rings (SSSR count). The fraction of sp³-hybridized carbons (Fsp3) is 0.500. The summed E-state index contributed by atoms with van der Waals surface area (Å²) in [5.74, 6) is 0.0625. The number of pyridine rings is 1. The minimum absolute atomic E-state index is 0.0625. The van der Waals surface area contributed by atoms with Crippen LogP contribution in [0.2, 0.25) is 0 Å². The zero-order chi connectivity index (χ0) is 12.4. The van der Waals surface area contributed by atoms with Gasteiger partial charge in [-0.2, -0.15) is 0 Å². The highest BCUT2D eigenvalue weighted by molar-refractivity contribution is 5.86. The SMILES string of the molecule is CC1C(=O)NCCN1c1ccc([C@H](C)N)nc1. The smallest absolute Gasteiger partial charge is 0.242 e. The van der Waals surface area contributed by atoms with Crippen LogP contribution in [-0.2, 0) is 4.79 Å². The van der Waals surface area contributed by atoms with E-state index in [0.29, 0.717) is 6.54 Å². The average molecular weight is 234 g/mol. The normalized spacial score (nSPS) is 22.2. The number of amides is 1. The lowest BCUT2D eigenvalue weighted by molar-refractivity contribution is -0.122. The zero-order valence-electron chi connectivity index (χ0n) is 10.2. The number of carbonyl (C=O) groups excluding carboxylic acids is 1. The van der Waals surface area contributed by atoms with E-state index in [9.17, 15) is 4.79 Å². The maximum absolute atomic E-state index is 11.6. The van der Waals surface area contributed by atoms with Gasteiger partial charge >= 0.3 is 0 Å². The first-order valence-electron chi connectivity index (χ1n) is 5.85.